The maximum atomic E-state index is 11.0. The Morgan fingerprint density at radius 2 is 2.26 bits per heavy atom. The third-order valence-electron chi connectivity index (χ3n) is 2.83. The lowest BCUT2D eigenvalue weighted by Crippen LogP contribution is -2.42. The first-order chi connectivity index (χ1) is 8.89. The van der Waals surface area contributed by atoms with Gasteiger partial charge in [0.2, 0.25) is 0 Å². The fourth-order valence-corrected chi connectivity index (χ4v) is 2.55. The minimum atomic E-state index is -3.45. The molecule has 1 aliphatic heterocycles. The molecule has 0 aromatic heterocycles. The molecule has 0 fully saturated rings. The lowest BCUT2D eigenvalue weighted by Gasteiger charge is -2.35. The van der Waals surface area contributed by atoms with Crippen LogP contribution in [0.1, 0.15) is 6.92 Å². The number of ether oxygens (including phenoxy) is 1. The first-order valence-corrected chi connectivity index (χ1v) is 8.14. The Bertz CT molecular complexity index is 561. The van der Waals surface area contributed by atoms with Crippen molar-refractivity contribution in [3.8, 4) is 5.75 Å². The van der Waals surface area contributed by atoms with E-state index in [2.05, 4.69) is 4.90 Å². The molecule has 0 amide bonds. The highest BCUT2D eigenvalue weighted by atomic mass is 35.5. The lowest BCUT2D eigenvalue weighted by atomic mass is 10.2. The molecule has 0 saturated heterocycles. The molecule has 0 unspecified atom stereocenters. The molecule has 0 bridgehead atoms. The smallest absolute Gasteiger partial charge is 0.264 e. The number of nitrogens with zero attached hydrogens (tertiary/aromatic N) is 1. The number of halogens is 1. The van der Waals surface area contributed by atoms with E-state index in [0.29, 0.717) is 17.3 Å². The van der Waals surface area contributed by atoms with E-state index in [9.17, 15) is 8.42 Å². The van der Waals surface area contributed by atoms with Crippen LogP contribution in [0, 0.1) is 0 Å². The third kappa shape index (κ3) is 3.75. The van der Waals surface area contributed by atoms with Crippen LogP contribution in [0.4, 0.5) is 5.69 Å². The summed E-state index contributed by atoms with van der Waals surface area (Å²) < 4.78 is 32.5. The minimum absolute atomic E-state index is 0.0113. The standard InChI is InChI=1S/C12H16ClNO4S/c1-3-14-7-10(8-17-19(2,15)16)18-12-5-4-9(13)6-11(12)14/h4-6,10H,3,7-8H2,1-2H3/t10-/m0/s1. The van der Waals surface area contributed by atoms with Crippen molar-refractivity contribution in [3.63, 3.8) is 0 Å². The Kier molecular flexibility index (Phi) is 4.23. The molecule has 1 aromatic rings. The van der Waals surface area contributed by atoms with Crippen LogP contribution in [0.15, 0.2) is 18.2 Å². The van der Waals surface area contributed by atoms with Gasteiger partial charge < -0.3 is 9.64 Å². The van der Waals surface area contributed by atoms with E-state index in [4.69, 9.17) is 20.5 Å². The van der Waals surface area contributed by atoms with Gasteiger partial charge in [0.15, 0.2) is 0 Å². The van der Waals surface area contributed by atoms with E-state index >= 15 is 0 Å². The molecular weight excluding hydrogens is 290 g/mol. The average Bonchev–Trinajstić information content (AvgIpc) is 2.34. The second kappa shape index (κ2) is 5.56. The maximum Gasteiger partial charge on any atom is 0.264 e. The molecule has 0 N–H and O–H groups in total. The van der Waals surface area contributed by atoms with Gasteiger partial charge in [-0.1, -0.05) is 11.6 Å². The molecular formula is C12H16ClNO4S. The van der Waals surface area contributed by atoms with Gasteiger partial charge in [0.05, 0.1) is 18.5 Å². The number of rotatable bonds is 4. The lowest BCUT2D eigenvalue weighted by molar-refractivity contribution is 0.128. The molecule has 5 nitrogen and oxygen atoms in total. The zero-order valence-corrected chi connectivity index (χ0v) is 12.4. The number of likely N-dealkylation sites (N-methyl/N-ethyl adjacent to an activating group) is 1. The summed E-state index contributed by atoms with van der Waals surface area (Å²) >= 11 is 5.97. The summed E-state index contributed by atoms with van der Waals surface area (Å²) in [5, 5.41) is 0.645. The van der Waals surface area contributed by atoms with Crippen molar-refractivity contribution in [2.45, 2.75) is 13.0 Å². The quantitative estimate of drug-likeness (QED) is 0.795. The van der Waals surface area contributed by atoms with E-state index in [1.54, 1.807) is 12.1 Å². The van der Waals surface area contributed by atoms with Crippen molar-refractivity contribution >= 4 is 27.4 Å². The van der Waals surface area contributed by atoms with Crippen molar-refractivity contribution in [3.05, 3.63) is 23.2 Å². The fraction of sp³-hybridized carbons (Fsp3) is 0.500. The topological polar surface area (TPSA) is 55.8 Å². The maximum absolute atomic E-state index is 11.0. The largest absolute Gasteiger partial charge is 0.484 e. The van der Waals surface area contributed by atoms with Gasteiger partial charge in [-0.25, -0.2) is 0 Å². The zero-order chi connectivity index (χ0) is 14.0. The Morgan fingerprint density at radius 3 is 2.89 bits per heavy atom. The SMILES string of the molecule is CCN1C[C@@H](COS(C)(=O)=O)Oc2ccc(Cl)cc21. The van der Waals surface area contributed by atoms with Gasteiger partial charge in [-0.15, -0.1) is 0 Å². The Hall–Kier alpha value is -0.980. The molecule has 1 heterocycles. The predicted octanol–water partition coefficient (Wildman–Crippen LogP) is 1.90. The molecule has 0 aliphatic carbocycles. The molecule has 19 heavy (non-hydrogen) atoms. The number of anilines is 1. The van der Waals surface area contributed by atoms with Gasteiger partial charge >= 0.3 is 0 Å². The first kappa shape index (κ1) is 14.4. The van der Waals surface area contributed by atoms with Crippen LogP contribution in [0.2, 0.25) is 5.02 Å². The number of hydrogen-bond donors (Lipinski definition) is 0. The van der Waals surface area contributed by atoms with Crippen LogP contribution < -0.4 is 9.64 Å². The van der Waals surface area contributed by atoms with E-state index in [0.717, 1.165) is 18.5 Å². The highest BCUT2D eigenvalue weighted by Gasteiger charge is 2.26. The van der Waals surface area contributed by atoms with Crippen LogP contribution in [-0.2, 0) is 14.3 Å². The average molecular weight is 306 g/mol. The number of benzene rings is 1. The summed E-state index contributed by atoms with van der Waals surface area (Å²) in [7, 11) is -3.45. The van der Waals surface area contributed by atoms with Gasteiger partial charge in [0.25, 0.3) is 10.1 Å². The van der Waals surface area contributed by atoms with Crippen molar-refractivity contribution < 1.29 is 17.3 Å². The summed E-state index contributed by atoms with van der Waals surface area (Å²) in [6.45, 7) is 3.38. The van der Waals surface area contributed by atoms with E-state index < -0.39 is 10.1 Å². The predicted molar refractivity (Wildman–Crippen MR) is 74.6 cm³/mol. The van der Waals surface area contributed by atoms with E-state index in [-0.39, 0.29) is 12.7 Å². The zero-order valence-electron chi connectivity index (χ0n) is 10.8. The van der Waals surface area contributed by atoms with Crippen molar-refractivity contribution in [2.24, 2.45) is 0 Å². The van der Waals surface area contributed by atoms with Crippen LogP contribution >= 0.6 is 11.6 Å². The summed E-state index contributed by atoms with van der Waals surface area (Å²) in [5.74, 6) is 0.694. The fourth-order valence-electron chi connectivity index (χ4n) is 1.98. The van der Waals surface area contributed by atoms with Gasteiger partial charge in [-0.3, -0.25) is 4.18 Å². The third-order valence-corrected chi connectivity index (χ3v) is 3.63. The van der Waals surface area contributed by atoms with E-state index in [1.807, 2.05) is 13.0 Å². The van der Waals surface area contributed by atoms with Gasteiger partial charge in [-0.2, -0.15) is 8.42 Å². The molecule has 7 heteroatoms. The normalized spacial score (nSPS) is 18.9. The highest BCUT2D eigenvalue weighted by Crippen LogP contribution is 2.35. The molecule has 1 aromatic carbocycles. The second-order valence-electron chi connectivity index (χ2n) is 4.38. The Balaban J connectivity index is 2.15. The molecule has 0 saturated carbocycles. The Morgan fingerprint density at radius 1 is 1.53 bits per heavy atom. The van der Waals surface area contributed by atoms with Crippen LogP contribution in [0.25, 0.3) is 0 Å². The van der Waals surface area contributed by atoms with E-state index in [1.165, 1.54) is 0 Å². The second-order valence-corrected chi connectivity index (χ2v) is 6.46. The molecule has 0 radical (unpaired) electrons. The van der Waals surface area contributed by atoms with Gasteiger partial charge in [0, 0.05) is 11.6 Å². The van der Waals surface area contributed by atoms with Crippen LogP contribution in [-0.4, -0.2) is 40.5 Å². The summed E-state index contributed by atoms with van der Waals surface area (Å²) in [5.41, 5.74) is 0.922. The van der Waals surface area contributed by atoms with Gasteiger partial charge in [-0.05, 0) is 25.1 Å². The summed E-state index contributed by atoms with van der Waals surface area (Å²) in [6, 6.07) is 5.37. The number of hydrogen-bond acceptors (Lipinski definition) is 5. The Labute approximate surface area is 118 Å². The van der Waals surface area contributed by atoms with Crippen molar-refractivity contribution in [1.29, 1.82) is 0 Å². The molecule has 2 rings (SSSR count). The first-order valence-electron chi connectivity index (χ1n) is 5.94. The van der Waals surface area contributed by atoms with Crippen molar-refractivity contribution in [2.75, 3.05) is 30.9 Å². The highest BCUT2D eigenvalue weighted by molar-refractivity contribution is 7.85. The van der Waals surface area contributed by atoms with Crippen LogP contribution in [0.3, 0.4) is 0 Å². The van der Waals surface area contributed by atoms with Gasteiger partial charge in [0.1, 0.15) is 18.5 Å². The summed E-state index contributed by atoms with van der Waals surface area (Å²) in [6.07, 6.45) is 0.713. The minimum Gasteiger partial charge on any atom is -0.484 e. The molecule has 1 atom stereocenters. The van der Waals surface area contributed by atoms with Crippen LogP contribution in [0.5, 0.6) is 5.75 Å². The number of fused-ring (bicyclic) bond motifs is 1. The molecule has 106 valence electrons. The summed E-state index contributed by atoms with van der Waals surface area (Å²) in [4.78, 5) is 2.08. The monoisotopic (exact) mass is 305 g/mol. The van der Waals surface area contributed by atoms with Crippen molar-refractivity contribution in [1.82, 2.24) is 0 Å². The molecule has 1 aliphatic rings. The molecule has 0 spiro atoms.